The molecule has 0 atom stereocenters. The molecule has 0 saturated carbocycles. The van der Waals surface area contributed by atoms with Crippen molar-refractivity contribution < 1.29 is 10.0 Å². The predicted octanol–water partition coefficient (Wildman–Crippen LogP) is 3.11. The highest BCUT2D eigenvalue weighted by molar-refractivity contribution is 7.80. The monoisotopic (exact) mass is 289 g/mol. The van der Waals surface area contributed by atoms with Crippen molar-refractivity contribution in [2.24, 2.45) is 0 Å². The number of anilines is 2. The van der Waals surface area contributed by atoms with Crippen LogP contribution in [0, 0.1) is 10.1 Å². The van der Waals surface area contributed by atoms with Crippen LogP contribution in [0.5, 0.6) is 5.75 Å². The summed E-state index contributed by atoms with van der Waals surface area (Å²) in [6.07, 6.45) is 0. The highest BCUT2D eigenvalue weighted by Gasteiger charge is 2.10. The molecule has 3 N–H and O–H groups in total. The number of phenolic OH excluding ortho intramolecular Hbond substituents is 1. The van der Waals surface area contributed by atoms with Crippen molar-refractivity contribution in [3.8, 4) is 5.75 Å². The fourth-order valence-electron chi connectivity index (χ4n) is 1.55. The van der Waals surface area contributed by atoms with Crippen LogP contribution in [0.15, 0.2) is 48.5 Å². The lowest BCUT2D eigenvalue weighted by Gasteiger charge is -2.11. The van der Waals surface area contributed by atoms with E-state index in [-0.39, 0.29) is 16.5 Å². The van der Waals surface area contributed by atoms with Gasteiger partial charge in [-0.05, 0) is 30.4 Å². The van der Waals surface area contributed by atoms with E-state index in [0.29, 0.717) is 5.69 Å². The number of nitrogens with zero attached hydrogens (tertiary/aromatic N) is 1. The van der Waals surface area contributed by atoms with Gasteiger partial charge in [-0.15, -0.1) is 0 Å². The first kappa shape index (κ1) is 13.8. The van der Waals surface area contributed by atoms with E-state index in [9.17, 15) is 15.2 Å². The summed E-state index contributed by atoms with van der Waals surface area (Å²) < 4.78 is 0. The second kappa shape index (κ2) is 5.98. The number of nitro groups is 1. The molecule has 0 aliphatic carbocycles. The van der Waals surface area contributed by atoms with Gasteiger partial charge in [0, 0.05) is 11.8 Å². The molecular formula is C13H11N3O3S. The van der Waals surface area contributed by atoms with E-state index in [0.717, 1.165) is 11.8 Å². The molecule has 0 radical (unpaired) electrons. The molecule has 0 bridgehead atoms. The molecule has 2 aromatic rings. The van der Waals surface area contributed by atoms with Crippen molar-refractivity contribution in [2.75, 3.05) is 10.6 Å². The van der Waals surface area contributed by atoms with E-state index >= 15 is 0 Å². The van der Waals surface area contributed by atoms with E-state index in [2.05, 4.69) is 10.6 Å². The van der Waals surface area contributed by atoms with Gasteiger partial charge in [0.25, 0.3) is 5.69 Å². The highest BCUT2D eigenvalue weighted by Crippen LogP contribution is 2.27. The Morgan fingerprint density at radius 3 is 2.45 bits per heavy atom. The van der Waals surface area contributed by atoms with Crippen LogP contribution in [0.4, 0.5) is 17.1 Å². The van der Waals surface area contributed by atoms with E-state index in [1.807, 2.05) is 30.3 Å². The third-order valence-electron chi connectivity index (χ3n) is 2.47. The second-order valence-corrected chi connectivity index (χ2v) is 4.31. The SMILES string of the molecule is O=[N+]([O-])c1ccc(NC(=S)Nc2ccccc2)c(O)c1. The van der Waals surface area contributed by atoms with Gasteiger partial charge in [-0.2, -0.15) is 0 Å². The number of non-ortho nitro benzene ring substituents is 1. The maximum absolute atomic E-state index is 10.6. The first-order chi connectivity index (χ1) is 9.56. The Labute approximate surface area is 120 Å². The lowest BCUT2D eigenvalue weighted by molar-refractivity contribution is -0.384. The average Bonchev–Trinajstić information content (AvgIpc) is 2.42. The van der Waals surface area contributed by atoms with Crippen LogP contribution >= 0.6 is 12.2 Å². The number of hydrogen-bond donors (Lipinski definition) is 3. The van der Waals surface area contributed by atoms with Crippen molar-refractivity contribution in [2.45, 2.75) is 0 Å². The first-order valence-electron chi connectivity index (χ1n) is 5.67. The number of aromatic hydroxyl groups is 1. The summed E-state index contributed by atoms with van der Waals surface area (Å²) in [4.78, 5) is 9.98. The Balaban J connectivity index is 2.06. The second-order valence-electron chi connectivity index (χ2n) is 3.90. The van der Waals surface area contributed by atoms with E-state index in [1.165, 1.54) is 12.1 Å². The quantitative estimate of drug-likeness (QED) is 0.348. The van der Waals surface area contributed by atoms with Gasteiger partial charge in [-0.25, -0.2) is 0 Å². The van der Waals surface area contributed by atoms with Gasteiger partial charge in [0.2, 0.25) is 0 Å². The van der Waals surface area contributed by atoms with Crippen molar-refractivity contribution in [1.82, 2.24) is 0 Å². The minimum Gasteiger partial charge on any atom is -0.506 e. The highest BCUT2D eigenvalue weighted by atomic mass is 32.1. The number of benzene rings is 2. The first-order valence-corrected chi connectivity index (χ1v) is 6.07. The van der Waals surface area contributed by atoms with Crippen LogP contribution in [0.1, 0.15) is 0 Å². The van der Waals surface area contributed by atoms with Crippen molar-refractivity contribution in [3.63, 3.8) is 0 Å². The van der Waals surface area contributed by atoms with Gasteiger partial charge in [0.15, 0.2) is 5.11 Å². The Morgan fingerprint density at radius 1 is 1.15 bits per heavy atom. The van der Waals surface area contributed by atoms with Crippen molar-refractivity contribution in [1.29, 1.82) is 0 Å². The van der Waals surface area contributed by atoms with Gasteiger partial charge in [0.1, 0.15) is 5.75 Å². The van der Waals surface area contributed by atoms with Gasteiger partial charge in [-0.1, -0.05) is 18.2 Å². The normalized spacial score (nSPS) is 9.80. The molecule has 0 aliphatic heterocycles. The summed E-state index contributed by atoms with van der Waals surface area (Å²) in [7, 11) is 0. The smallest absolute Gasteiger partial charge is 0.273 e. The molecular weight excluding hydrogens is 278 g/mol. The van der Waals surface area contributed by atoms with Crippen LogP contribution < -0.4 is 10.6 Å². The number of para-hydroxylation sites is 1. The number of rotatable bonds is 3. The molecule has 0 heterocycles. The lowest BCUT2D eigenvalue weighted by Crippen LogP contribution is -2.19. The number of thiocarbonyl (C=S) groups is 1. The molecule has 0 unspecified atom stereocenters. The molecule has 7 heteroatoms. The number of nitrogens with one attached hydrogen (secondary N) is 2. The maximum Gasteiger partial charge on any atom is 0.273 e. The molecule has 2 rings (SSSR count). The zero-order valence-electron chi connectivity index (χ0n) is 10.2. The number of nitro benzene ring substituents is 1. The van der Waals surface area contributed by atoms with Crippen LogP contribution in [0.2, 0.25) is 0 Å². The Morgan fingerprint density at radius 2 is 1.85 bits per heavy atom. The minimum absolute atomic E-state index is 0.185. The molecule has 0 aliphatic rings. The topological polar surface area (TPSA) is 87.4 Å². The summed E-state index contributed by atoms with van der Waals surface area (Å²) >= 11 is 5.09. The summed E-state index contributed by atoms with van der Waals surface area (Å²) in [5.41, 5.74) is 0.908. The Hall–Kier alpha value is -2.67. The number of hydrogen-bond acceptors (Lipinski definition) is 4. The molecule has 0 fully saturated rings. The minimum atomic E-state index is -0.579. The van der Waals surface area contributed by atoms with Crippen LogP contribution in [0.25, 0.3) is 0 Å². The fraction of sp³-hybridized carbons (Fsp3) is 0. The largest absolute Gasteiger partial charge is 0.506 e. The molecule has 6 nitrogen and oxygen atoms in total. The van der Waals surface area contributed by atoms with E-state index in [4.69, 9.17) is 12.2 Å². The Bertz CT molecular complexity index is 647. The zero-order valence-corrected chi connectivity index (χ0v) is 11.1. The fourth-order valence-corrected chi connectivity index (χ4v) is 1.77. The van der Waals surface area contributed by atoms with Gasteiger partial charge < -0.3 is 15.7 Å². The van der Waals surface area contributed by atoms with Gasteiger partial charge in [0.05, 0.1) is 16.7 Å². The molecule has 0 aromatic heterocycles. The van der Waals surface area contributed by atoms with Crippen LogP contribution in [-0.2, 0) is 0 Å². The van der Waals surface area contributed by atoms with E-state index < -0.39 is 4.92 Å². The summed E-state index contributed by atoms with van der Waals surface area (Å²) in [5, 5.41) is 26.2. The van der Waals surface area contributed by atoms with Crippen molar-refractivity contribution >= 4 is 34.4 Å². The molecule has 0 spiro atoms. The third-order valence-corrected chi connectivity index (χ3v) is 2.68. The molecule has 102 valence electrons. The van der Waals surface area contributed by atoms with Crippen molar-refractivity contribution in [3.05, 3.63) is 58.6 Å². The molecule has 20 heavy (non-hydrogen) atoms. The number of phenols is 1. The summed E-state index contributed by atoms with van der Waals surface area (Å²) in [5.74, 6) is -0.239. The summed E-state index contributed by atoms with van der Waals surface area (Å²) in [6.45, 7) is 0. The lowest BCUT2D eigenvalue weighted by atomic mass is 10.2. The van der Waals surface area contributed by atoms with Gasteiger partial charge in [-0.3, -0.25) is 10.1 Å². The molecule has 2 aromatic carbocycles. The van der Waals surface area contributed by atoms with Crippen LogP contribution in [-0.4, -0.2) is 15.1 Å². The van der Waals surface area contributed by atoms with E-state index in [1.54, 1.807) is 0 Å². The third kappa shape index (κ3) is 3.42. The molecule has 0 amide bonds. The average molecular weight is 289 g/mol. The summed E-state index contributed by atoms with van der Waals surface area (Å²) in [6, 6.07) is 13.0. The predicted molar refractivity (Wildman–Crippen MR) is 81.0 cm³/mol. The molecule has 0 saturated heterocycles. The standard InChI is InChI=1S/C13H11N3O3S/c17-12-8-10(16(18)19)6-7-11(12)15-13(20)14-9-4-2-1-3-5-9/h1-8,17H,(H2,14,15,20). The Kier molecular flexibility index (Phi) is 4.11. The van der Waals surface area contributed by atoms with Gasteiger partial charge >= 0.3 is 0 Å². The zero-order chi connectivity index (χ0) is 14.5. The van der Waals surface area contributed by atoms with Crippen LogP contribution in [0.3, 0.4) is 0 Å². The maximum atomic E-state index is 10.6.